The Labute approximate surface area is 130 Å². The lowest BCUT2D eigenvalue weighted by molar-refractivity contribution is 0.274. The summed E-state index contributed by atoms with van der Waals surface area (Å²) in [4.78, 5) is 0. The highest BCUT2D eigenvalue weighted by atomic mass is 15.0. The molecule has 0 aliphatic heterocycles. The summed E-state index contributed by atoms with van der Waals surface area (Å²) in [7, 11) is 0. The van der Waals surface area contributed by atoms with Gasteiger partial charge in [0.25, 0.3) is 0 Å². The van der Waals surface area contributed by atoms with Gasteiger partial charge in [-0.3, -0.25) is 0 Å². The number of aromatic nitrogens is 1. The summed E-state index contributed by atoms with van der Waals surface area (Å²) in [6, 6.07) is 2.59. The molecule has 0 aromatic carbocycles. The maximum Gasteiger partial charge on any atom is 0.0318 e. The van der Waals surface area contributed by atoms with Crippen LogP contribution in [0.25, 0.3) is 0 Å². The van der Waals surface area contributed by atoms with Gasteiger partial charge in [0.2, 0.25) is 0 Å². The molecule has 1 fully saturated rings. The molecule has 2 nitrogen and oxygen atoms in total. The SMILES string of the molecule is Cc1cc2c(n1CCCC1CCCC1)CC(C)(C)CC2N. The van der Waals surface area contributed by atoms with Gasteiger partial charge in [0.1, 0.15) is 0 Å². The number of hydrogen-bond acceptors (Lipinski definition) is 1. The molecule has 2 N–H and O–H groups in total. The van der Waals surface area contributed by atoms with Crippen molar-refractivity contribution in [2.45, 2.75) is 84.7 Å². The van der Waals surface area contributed by atoms with Crippen LogP contribution in [0.4, 0.5) is 0 Å². The molecule has 1 saturated carbocycles. The zero-order chi connectivity index (χ0) is 15.0. The first-order chi connectivity index (χ1) is 9.96. The number of nitrogens with two attached hydrogens (primary N) is 1. The van der Waals surface area contributed by atoms with Crippen LogP contribution in [0.5, 0.6) is 0 Å². The van der Waals surface area contributed by atoms with Gasteiger partial charge in [-0.2, -0.15) is 0 Å². The molecule has 118 valence electrons. The van der Waals surface area contributed by atoms with Gasteiger partial charge in [0.15, 0.2) is 0 Å². The largest absolute Gasteiger partial charge is 0.349 e. The average molecular weight is 288 g/mol. The fourth-order valence-corrected chi connectivity index (χ4v) is 4.65. The normalized spacial score (nSPS) is 25.2. The van der Waals surface area contributed by atoms with Gasteiger partial charge in [0, 0.05) is 24.0 Å². The topological polar surface area (TPSA) is 30.9 Å². The van der Waals surface area contributed by atoms with Crippen molar-refractivity contribution in [3.05, 3.63) is 23.0 Å². The van der Waals surface area contributed by atoms with E-state index < -0.39 is 0 Å². The van der Waals surface area contributed by atoms with Crippen LogP contribution in [0.3, 0.4) is 0 Å². The highest BCUT2D eigenvalue weighted by molar-refractivity contribution is 5.34. The Balaban J connectivity index is 1.70. The Morgan fingerprint density at radius 3 is 2.71 bits per heavy atom. The molecule has 21 heavy (non-hydrogen) atoms. The second kappa shape index (κ2) is 5.79. The molecule has 1 heterocycles. The van der Waals surface area contributed by atoms with E-state index in [1.807, 2.05) is 0 Å². The summed E-state index contributed by atoms with van der Waals surface area (Å²) in [6.45, 7) is 8.18. The van der Waals surface area contributed by atoms with Crippen LogP contribution in [-0.4, -0.2) is 4.57 Å². The zero-order valence-electron chi connectivity index (χ0n) is 14.1. The van der Waals surface area contributed by atoms with E-state index in [2.05, 4.69) is 31.4 Å². The van der Waals surface area contributed by atoms with E-state index in [9.17, 15) is 0 Å². The molecule has 1 aromatic rings. The Morgan fingerprint density at radius 1 is 1.29 bits per heavy atom. The molecular weight excluding hydrogens is 256 g/mol. The van der Waals surface area contributed by atoms with Crippen molar-refractivity contribution in [1.82, 2.24) is 4.57 Å². The zero-order valence-corrected chi connectivity index (χ0v) is 14.1. The second-order valence-corrected chi connectivity index (χ2v) is 8.28. The maximum atomic E-state index is 6.42. The first-order valence-electron chi connectivity index (χ1n) is 8.91. The summed E-state index contributed by atoms with van der Waals surface area (Å²) in [5.41, 5.74) is 11.1. The fourth-order valence-electron chi connectivity index (χ4n) is 4.65. The van der Waals surface area contributed by atoms with Crippen molar-refractivity contribution in [3.8, 4) is 0 Å². The summed E-state index contributed by atoms with van der Waals surface area (Å²) >= 11 is 0. The van der Waals surface area contributed by atoms with Crippen LogP contribution < -0.4 is 5.73 Å². The smallest absolute Gasteiger partial charge is 0.0318 e. The second-order valence-electron chi connectivity index (χ2n) is 8.28. The predicted molar refractivity (Wildman–Crippen MR) is 89.4 cm³/mol. The van der Waals surface area contributed by atoms with Crippen LogP contribution >= 0.6 is 0 Å². The highest BCUT2D eigenvalue weighted by Crippen LogP contribution is 2.41. The Kier molecular flexibility index (Phi) is 4.18. The van der Waals surface area contributed by atoms with E-state index in [4.69, 9.17) is 5.73 Å². The van der Waals surface area contributed by atoms with Gasteiger partial charge in [-0.05, 0) is 55.6 Å². The van der Waals surface area contributed by atoms with Gasteiger partial charge in [0.05, 0.1) is 0 Å². The van der Waals surface area contributed by atoms with Gasteiger partial charge < -0.3 is 10.3 Å². The number of nitrogens with zero attached hydrogens (tertiary/aromatic N) is 1. The molecule has 1 aromatic heterocycles. The third-order valence-corrected chi connectivity index (χ3v) is 5.74. The van der Waals surface area contributed by atoms with Crippen molar-refractivity contribution in [2.24, 2.45) is 17.1 Å². The molecule has 0 bridgehead atoms. The van der Waals surface area contributed by atoms with Crippen LogP contribution in [0, 0.1) is 18.3 Å². The molecular formula is C19H32N2. The van der Waals surface area contributed by atoms with Crippen molar-refractivity contribution in [2.75, 3.05) is 0 Å². The minimum atomic E-state index is 0.235. The van der Waals surface area contributed by atoms with Gasteiger partial charge in [-0.25, -0.2) is 0 Å². The number of aryl methyl sites for hydroxylation is 1. The minimum absolute atomic E-state index is 0.235. The van der Waals surface area contributed by atoms with Crippen LogP contribution in [0.1, 0.15) is 81.8 Å². The molecule has 0 spiro atoms. The molecule has 1 unspecified atom stereocenters. The Morgan fingerprint density at radius 2 is 2.00 bits per heavy atom. The van der Waals surface area contributed by atoms with Crippen molar-refractivity contribution in [1.29, 1.82) is 0 Å². The monoisotopic (exact) mass is 288 g/mol. The van der Waals surface area contributed by atoms with Crippen LogP contribution in [0.15, 0.2) is 6.07 Å². The van der Waals surface area contributed by atoms with Crippen molar-refractivity contribution < 1.29 is 0 Å². The molecule has 1 atom stereocenters. The lowest BCUT2D eigenvalue weighted by atomic mass is 9.74. The predicted octanol–water partition coefficient (Wildman–Crippen LogP) is 4.74. The molecule has 2 aliphatic rings. The molecule has 2 aliphatic carbocycles. The van der Waals surface area contributed by atoms with Gasteiger partial charge in [-0.1, -0.05) is 39.5 Å². The van der Waals surface area contributed by atoms with E-state index in [1.54, 1.807) is 0 Å². The first kappa shape index (κ1) is 15.1. The standard InChI is InChI=1S/C19H32N2/c1-14-11-16-17(20)12-19(2,3)13-18(16)21(14)10-6-9-15-7-4-5-8-15/h11,15,17H,4-10,12-13,20H2,1-3H3. The third kappa shape index (κ3) is 3.21. The number of fused-ring (bicyclic) bond motifs is 1. The summed E-state index contributed by atoms with van der Waals surface area (Å²) in [5.74, 6) is 1.01. The molecule has 3 rings (SSSR count). The lowest BCUT2D eigenvalue weighted by Crippen LogP contribution is -2.30. The summed E-state index contributed by atoms with van der Waals surface area (Å²) < 4.78 is 2.57. The molecule has 0 radical (unpaired) electrons. The van der Waals surface area contributed by atoms with E-state index in [0.29, 0.717) is 5.41 Å². The first-order valence-corrected chi connectivity index (χ1v) is 8.91. The Hall–Kier alpha value is -0.760. The summed E-state index contributed by atoms with van der Waals surface area (Å²) in [6.07, 6.45) is 10.9. The Bertz CT molecular complexity index is 492. The van der Waals surface area contributed by atoms with E-state index in [-0.39, 0.29) is 6.04 Å². The lowest BCUT2D eigenvalue weighted by Gasteiger charge is -2.34. The highest BCUT2D eigenvalue weighted by Gasteiger charge is 2.33. The fraction of sp³-hybridized carbons (Fsp3) is 0.789. The maximum absolute atomic E-state index is 6.42. The minimum Gasteiger partial charge on any atom is -0.349 e. The molecule has 0 amide bonds. The van der Waals surface area contributed by atoms with Gasteiger partial charge >= 0.3 is 0 Å². The van der Waals surface area contributed by atoms with Gasteiger partial charge in [-0.15, -0.1) is 0 Å². The van der Waals surface area contributed by atoms with E-state index in [0.717, 1.165) is 12.3 Å². The molecule has 0 saturated heterocycles. The number of rotatable bonds is 4. The van der Waals surface area contributed by atoms with E-state index in [1.165, 1.54) is 68.4 Å². The summed E-state index contributed by atoms with van der Waals surface area (Å²) in [5, 5.41) is 0. The third-order valence-electron chi connectivity index (χ3n) is 5.74. The van der Waals surface area contributed by atoms with Crippen LogP contribution in [0.2, 0.25) is 0 Å². The van der Waals surface area contributed by atoms with Crippen molar-refractivity contribution >= 4 is 0 Å². The van der Waals surface area contributed by atoms with Crippen LogP contribution in [-0.2, 0) is 13.0 Å². The average Bonchev–Trinajstić information content (AvgIpc) is 2.99. The van der Waals surface area contributed by atoms with Crippen molar-refractivity contribution in [3.63, 3.8) is 0 Å². The number of hydrogen-bond donors (Lipinski definition) is 1. The molecule has 2 heteroatoms. The van der Waals surface area contributed by atoms with E-state index >= 15 is 0 Å². The quantitative estimate of drug-likeness (QED) is 0.852.